The molecule has 1 amide bonds. The summed E-state index contributed by atoms with van der Waals surface area (Å²) >= 11 is 0. The molecule has 0 unspecified atom stereocenters. The van der Waals surface area contributed by atoms with Crippen LogP contribution in [0.3, 0.4) is 0 Å². The van der Waals surface area contributed by atoms with Crippen LogP contribution in [0, 0.1) is 5.82 Å². The highest BCUT2D eigenvalue weighted by atomic mass is 19.4. The highest BCUT2D eigenvalue weighted by molar-refractivity contribution is 5.79. The molecule has 0 spiro atoms. The van der Waals surface area contributed by atoms with E-state index in [4.69, 9.17) is 20.4 Å². The van der Waals surface area contributed by atoms with Gasteiger partial charge in [0.2, 0.25) is 0 Å². The summed E-state index contributed by atoms with van der Waals surface area (Å²) in [4.78, 5) is 13.3. The van der Waals surface area contributed by atoms with E-state index in [1.165, 1.54) is 0 Å². The van der Waals surface area contributed by atoms with Crippen LogP contribution in [0.5, 0.6) is 5.75 Å². The number of hydrogen-bond acceptors (Lipinski definition) is 3. The van der Waals surface area contributed by atoms with Crippen LogP contribution in [0.1, 0.15) is 77.0 Å². The molecule has 14 heteroatoms. The van der Waals surface area contributed by atoms with Gasteiger partial charge >= 0.3 is 24.6 Å². The third kappa shape index (κ3) is 6.43. The standard InChI is InChI=1S/C30H25F10NO3/c1-14(2)24-22(31)7-8-23(43-4)25(24)21-6-5-18(28(32,33)34)11-17(21)13-41-15(3)26(44-27(41)42)16-9-19(29(35,36)37)12-20(10-16)30(38,39)40/h5-12,14-15,26H,13H2,1-4H3/t15-,26-/m0/s1/i1D3,2D3,13D2. The number of ether oxygens (including phenoxy) is 2. The molecule has 4 rings (SSSR count). The molecule has 0 radical (unpaired) electrons. The van der Waals surface area contributed by atoms with Crippen molar-refractivity contribution in [3.05, 3.63) is 87.7 Å². The Morgan fingerprint density at radius 3 is 2.02 bits per heavy atom. The van der Waals surface area contributed by atoms with Crippen molar-refractivity contribution >= 4 is 6.09 Å². The predicted molar refractivity (Wildman–Crippen MR) is 138 cm³/mol. The molecule has 0 aromatic heterocycles. The number of rotatable bonds is 6. The number of amides is 1. The van der Waals surface area contributed by atoms with Crippen LogP contribution in [0.2, 0.25) is 0 Å². The molecule has 0 aliphatic carbocycles. The second-order valence-electron chi connectivity index (χ2n) is 9.60. The molecule has 1 aliphatic heterocycles. The number of hydrogen-bond donors (Lipinski definition) is 0. The van der Waals surface area contributed by atoms with Crippen molar-refractivity contribution in [3.63, 3.8) is 0 Å². The van der Waals surface area contributed by atoms with Crippen LogP contribution in [0.15, 0.2) is 48.5 Å². The third-order valence-electron chi connectivity index (χ3n) is 6.73. The van der Waals surface area contributed by atoms with Crippen LogP contribution >= 0.6 is 0 Å². The quantitative estimate of drug-likeness (QED) is 0.251. The first-order chi connectivity index (χ1) is 23.4. The maximum atomic E-state index is 15.7. The zero-order valence-corrected chi connectivity index (χ0v) is 22.3. The lowest BCUT2D eigenvalue weighted by Gasteiger charge is -2.25. The summed E-state index contributed by atoms with van der Waals surface area (Å²) in [6, 6.07) is 0.844. The SMILES string of the molecule is [2H]C([2H])([2H])C(c1c(F)ccc(OC)c1-c1ccc(C(F)(F)F)cc1C([2H])([2H])N1C(=O)O[C@H](c2cc(C(F)(F)F)cc(C(F)(F)F)c2)[C@@H]1C)C([2H])([2H])[2H]. The number of halogens is 10. The number of carbonyl (C=O) groups excluding carboxylic acids is 1. The van der Waals surface area contributed by atoms with Crippen LogP contribution < -0.4 is 4.74 Å². The highest BCUT2D eigenvalue weighted by Gasteiger charge is 2.44. The van der Waals surface area contributed by atoms with Crippen LogP contribution in [-0.2, 0) is 29.8 Å². The Labute approximate surface area is 256 Å². The van der Waals surface area contributed by atoms with Gasteiger partial charge in [0.15, 0.2) is 0 Å². The molecule has 0 N–H and O–H groups in total. The summed E-state index contributed by atoms with van der Waals surface area (Å²) in [7, 11) is 0.938. The van der Waals surface area contributed by atoms with E-state index in [2.05, 4.69) is 0 Å². The largest absolute Gasteiger partial charge is 0.496 e. The van der Waals surface area contributed by atoms with Gasteiger partial charge in [-0.3, -0.25) is 4.90 Å². The monoisotopic (exact) mass is 645 g/mol. The third-order valence-corrected chi connectivity index (χ3v) is 6.73. The lowest BCUT2D eigenvalue weighted by molar-refractivity contribution is -0.143. The van der Waals surface area contributed by atoms with Gasteiger partial charge in [-0.15, -0.1) is 0 Å². The Morgan fingerprint density at radius 1 is 0.909 bits per heavy atom. The maximum Gasteiger partial charge on any atom is 0.416 e. The number of methoxy groups -OCH3 is 1. The Balaban J connectivity index is 2.03. The maximum absolute atomic E-state index is 15.7. The molecule has 1 heterocycles. The van der Waals surface area contributed by atoms with Crippen molar-refractivity contribution in [2.24, 2.45) is 0 Å². The summed E-state index contributed by atoms with van der Waals surface area (Å²) in [6.45, 7) is -9.69. The van der Waals surface area contributed by atoms with E-state index in [0.717, 1.165) is 20.1 Å². The second-order valence-corrected chi connectivity index (χ2v) is 9.60. The number of cyclic esters (lactones) is 1. The Morgan fingerprint density at radius 2 is 1.50 bits per heavy atom. The van der Waals surface area contributed by atoms with Gasteiger partial charge in [-0.2, -0.15) is 39.5 Å². The Hall–Kier alpha value is -3.97. The first-order valence-corrected chi connectivity index (χ1v) is 12.3. The molecule has 2 atom stereocenters. The zero-order valence-electron chi connectivity index (χ0n) is 30.3. The number of carbonyl (C=O) groups is 1. The lowest BCUT2D eigenvalue weighted by Crippen LogP contribution is -2.32. The topological polar surface area (TPSA) is 38.8 Å². The number of nitrogens with zero attached hydrogens (tertiary/aromatic N) is 1. The molecule has 0 bridgehead atoms. The number of alkyl halides is 9. The summed E-state index contributed by atoms with van der Waals surface area (Å²) in [5, 5.41) is 0. The van der Waals surface area contributed by atoms with E-state index < -0.39 is 119 Å². The molecule has 1 aliphatic rings. The van der Waals surface area contributed by atoms with Crippen molar-refractivity contribution in [1.29, 1.82) is 0 Å². The van der Waals surface area contributed by atoms with Crippen molar-refractivity contribution in [2.75, 3.05) is 7.11 Å². The van der Waals surface area contributed by atoms with Gasteiger partial charge in [-0.25, -0.2) is 9.18 Å². The fourth-order valence-electron chi connectivity index (χ4n) is 4.67. The van der Waals surface area contributed by atoms with Gasteiger partial charge in [-0.05, 0) is 72.0 Å². The highest BCUT2D eigenvalue weighted by Crippen LogP contribution is 2.45. The Bertz CT molecular complexity index is 1810. The lowest BCUT2D eigenvalue weighted by atomic mass is 9.88. The van der Waals surface area contributed by atoms with Gasteiger partial charge in [0.1, 0.15) is 17.7 Å². The molecule has 3 aromatic carbocycles. The van der Waals surface area contributed by atoms with Gasteiger partial charge in [-0.1, -0.05) is 19.8 Å². The second kappa shape index (κ2) is 11.5. The molecular weight excluding hydrogens is 612 g/mol. The average Bonchev–Trinajstić information content (AvgIpc) is 3.28. The summed E-state index contributed by atoms with van der Waals surface area (Å²) in [5.41, 5.74) is -10.1. The minimum Gasteiger partial charge on any atom is -0.496 e. The molecular formula is C30H25F10NO3. The van der Waals surface area contributed by atoms with Gasteiger partial charge in [0.25, 0.3) is 0 Å². The van der Waals surface area contributed by atoms with E-state index >= 15 is 4.39 Å². The Kier molecular flexibility index (Phi) is 6.13. The minimum atomic E-state index is -5.34. The van der Waals surface area contributed by atoms with Crippen molar-refractivity contribution in [3.8, 4) is 16.9 Å². The van der Waals surface area contributed by atoms with E-state index in [-0.39, 0.29) is 29.2 Å². The molecule has 0 saturated carbocycles. The van der Waals surface area contributed by atoms with Crippen LogP contribution in [0.25, 0.3) is 11.1 Å². The predicted octanol–water partition coefficient (Wildman–Crippen LogP) is 9.76. The molecule has 44 heavy (non-hydrogen) atoms. The van der Waals surface area contributed by atoms with Crippen LogP contribution in [0.4, 0.5) is 48.7 Å². The fourth-order valence-corrected chi connectivity index (χ4v) is 4.67. The van der Waals surface area contributed by atoms with Crippen LogP contribution in [-0.4, -0.2) is 24.1 Å². The van der Waals surface area contributed by atoms with E-state index in [9.17, 15) is 44.3 Å². The number of benzene rings is 3. The molecule has 3 aromatic rings. The van der Waals surface area contributed by atoms with Gasteiger partial charge in [0, 0.05) is 19.4 Å². The van der Waals surface area contributed by atoms with Crippen molar-refractivity contribution in [1.82, 2.24) is 4.90 Å². The summed E-state index contributed by atoms with van der Waals surface area (Å²) in [5.74, 6) is -4.74. The molecule has 1 fully saturated rings. The van der Waals surface area contributed by atoms with E-state index in [1.54, 1.807) is 0 Å². The summed E-state index contributed by atoms with van der Waals surface area (Å²) < 4.78 is 215. The first-order valence-electron chi connectivity index (χ1n) is 16.3. The molecule has 1 saturated heterocycles. The minimum absolute atomic E-state index is 0.0840. The zero-order chi connectivity index (χ0) is 39.7. The average molecular weight is 646 g/mol. The summed E-state index contributed by atoms with van der Waals surface area (Å²) in [6.07, 6.45) is -19.7. The first kappa shape index (κ1) is 23.4. The molecule has 238 valence electrons. The fraction of sp³-hybridized carbons (Fsp3) is 0.367. The normalized spacial score (nSPS) is 21.4. The van der Waals surface area contributed by atoms with Crippen molar-refractivity contribution in [2.45, 2.75) is 63.7 Å². The van der Waals surface area contributed by atoms with Gasteiger partial charge in [0.05, 0.1) is 39.1 Å². The van der Waals surface area contributed by atoms with Gasteiger partial charge < -0.3 is 9.47 Å². The van der Waals surface area contributed by atoms with E-state index in [0.29, 0.717) is 18.2 Å². The smallest absolute Gasteiger partial charge is 0.416 e. The van der Waals surface area contributed by atoms with E-state index in [1.807, 2.05) is 0 Å². The molecule has 4 nitrogen and oxygen atoms in total. The van der Waals surface area contributed by atoms with Crippen molar-refractivity contribution < 1.29 is 69.1 Å².